The van der Waals surface area contributed by atoms with E-state index in [4.69, 9.17) is 4.74 Å². The van der Waals surface area contributed by atoms with Crippen LogP contribution in [0.1, 0.15) is 47.7 Å². The molecular weight excluding hydrogens is 621 g/mol. The van der Waals surface area contributed by atoms with Crippen molar-refractivity contribution in [2.24, 2.45) is 0 Å². The van der Waals surface area contributed by atoms with Gasteiger partial charge in [0, 0.05) is 62.8 Å². The van der Waals surface area contributed by atoms with Crippen LogP contribution < -0.4 is 15.0 Å². The molecule has 48 heavy (non-hydrogen) atoms. The second-order valence-electron chi connectivity index (χ2n) is 12.4. The van der Waals surface area contributed by atoms with Gasteiger partial charge < -0.3 is 15.2 Å². The van der Waals surface area contributed by atoms with Gasteiger partial charge in [-0.1, -0.05) is 17.7 Å². The zero-order chi connectivity index (χ0) is 34.5. The molecule has 12 heteroatoms. The van der Waals surface area contributed by atoms with Gasteiger partial charge in [-0.25, -0.2) is 27.8 Å². The second-order valence-corrected chi connectivity index (χ2v) is 12.4. The van der Waals surface area contributed by atoms with E-state index >= 15 is 4.39 Å². The van der Waals surface area contributed by atoms with Crippen LogP contribution in [0.25, 0.3) is 0 Å². The van der Waals surface area contributed by atoms with Crippen molar-refractivity contribution in [3.63, 3.8) is 0 Å². The number of carbonyl (C=O) groups is 1. The van der Waals surface area contributed by atoms with E-state index in [0.717, 1.165) is 66.0 Å². The molecule has 0 bridgehead atoms. The van der Waals surface area contributed by atoms with Crippen molar-refractivity contribution in [1.82, 2.24) is 19.8 Å². The Labute approximate surface area is 279 Å². The van der Waals surface area contributed by atoms with Crippen LogP contribution in [0.15, 0.2) is 60.8 Å². The van der Waals surface area contributed by atoms with Crippen LogP contribution in [-0.2, 0) is 0 Å². The molecule has 0 spiro atoms. The maximum absolute atomic E-state index is 15.0. The Morgan fingerprint density at radius 2 is 1.62 bits per heavy atom. The van der Waals surface area contributed by atoms with Crippen molar-refractivity contribution < 1.29 is 27.8 Å². The van der Waals surface area contributed by atoms with E-state index in [9.17, 15) is 18.7 Å². The second kappa shape index (κ2) is 15.0. The van der Waals surface area contributed by atoms with Crippen LogP contribution in [0.2, 0.25) is 0 Å². The molecule has 4 aromatic rings. The van der Waals surface area contributed by atoms with Crippen molar-refractivity contribution in [2.45, 2.75) is 46.7 Å². The van der Waals surface area contributed by atoms with Crippen LogP contribution in [0.4, 0.5) is 35.4 Å². The fourth-order valence-corrected chi connectivity index (χ4v) is 6.30. The van der Waals surface area contributed by atoms with Gasteiger partial charge in [0.1, 0.15) is 24.1 Å². The molecule has 1 atom stereocenters. The molecule has 9 nitrogen and oxygen atoms in total. The SMILES string of the molecule is Cc1cc(C)c(C(c2cc(F)cc(F)c2)N(C(=O)O)c2ccnc(Nc3ccc(OCCN4CCN(C(C)C)CC4)c(F)c3)n2)c(C)c1. The number of anilines is 3. The van der Waals surface area contributed by atoms with E-state index in [0.29, 0.717) is 30.4 Å². The van der Waals surface area contributed by atoms with Gasteiger partial charge in [-0.05, 0) is 87.2 Å². The molecule has 0 aliphatic carbocycles. The largest absolute Gasteiger partial charge is 0.489 e. The number of hydrogen-bond donors (Lipinski definition) is 2. The lowest BCUT2D eigenvalue weighted by molar-refractivity contribution is 0.0965. The highest BCUT2D eigenvalue weighted by atomic mass is 19.1. The number of piperazine rings is 1. The van der Waals surface area contributed by atoms with E-state index in [1.165, 1.54) is 24.4 Å². The first-order chi connectivity index (χ1) is 22.9. The monoisotopic (exact) mass is 662 g/mol. The fourth-order valence-electron chi connectivity index (χ4n) is 6.30. The lowest BCUT2D eigenvalue weighted by Gasteiger charge is -2.36. The standard InChI is InChI=1S/C36H41F3N6O3/c1-22(2)44-12-10-43(11-13-44)14-15-48-31-7-6-29(21-30(31)39)41-35-40-9-8-32(42-35)45(36(46)47)34(26-18-27(37)20-28(38)19-26)33-24(4)16-23(3)17-25(33)5/h6-9,16-22,34H,10-15H2,1-5H3,(H,46,47)(H,40,41,42). The number of aryl methyl sites for hydroxylation is 3. The van der Waals surface area contributed by atoms with Crippen LogP contribution in [0.3, 0.4) is 0 Å². The number of benzene rings is 3. The van der Waals surface area contributed by atoms with E-state index in [2.05, 4.69) is 38.9 Å². The highest BCUT2D eigenvalue weighted by molar-refractivity contribution is 5.87. The average molecular weight is 663 g/mol. The average Bonchev–Trinajstić information content (AvgIpc) is 3.01. The number of hydrogen-bond acceptors (Lipinski definition) is 7. The number of nitrogens with zero attached hydrogens (tertiary/aromatic N) is 5. The molecule has 1 amide bonds. The predicted octanol–water partition coefficient (Wildman–Crippen LogP) is 7.24. The topological polar surface area (TPSA) is 94.1 Å². The minimum Gasteiger partial charge on any atom is -0.489 e. The maximum atomic E-state index is 15.0. The van der Waals surface area contributed by atoms with Crippen molar-refractivity contribution in [2.75, 3.05) is 49.5 Å². The Morgan fingerprint density at radius 1 is 0.958 bits per heavy atom. The summed E-state index contributed by atoms with van der Waals surface area (Å²) in [6, 6.07) is 11.9. The number of halogens is 3. The van der Waals surface area contributed by atoms with Crippen LogP contribution in [0.5, 0.6) is 5.75 Å². The molecule has 1 aliphatic rings. The minimum atomic E-state index is -1.40. The molecule has 5 rings (SSSR count). The van der Waals surface area contributed by atoms with Crippen molar-refractivity contribution >= 4 is 23.5 Å². The molecule has 254 valence electrons. The summed E-state index contributed by atoms with van der Waals surface area (Å²) in [6.07, 6.45) is -0.0453. The van der Waals surface area contributed by atoms with Gasteiger partial charge in [0.05, 0.1) is 6.04 Å². The molecular formula is C36H41F3N6O3. The van der Waals surface area contributed by atoms with Crippen LogP contribution in [-0.4, -0.2) is 76.3 Å². The number of carboxylic acid groups (broad SMARTS) is 1. The van der Waals surface area contributed by atoms with Gasteiger partial charge in [0.2, 0.25) is 5.95 Å². The first-order valence-electron chi connectivity index (χ1n) is 15.9. The van der Waals surface area contributed by atoms with Gasteiger partial charge in [0.25, 0.3) is 0 Å². The van der Waals surface area contributed by atoms with Crippen molar-refractivity contribution in [1.29, 1.82) is 0 Å². The van der Waals surface area contributed by atoms with Gasteiger partial charge in [-0.15, -0.1) is 0 Å². The lowest BCUT2D eigenvalue weighted by atomic mass is 9.89. The highest BCUT2D eigenvalue weighted by Crippen LogP contribution is 2.37. The Kier molecular flexibility index (Phi) is 10.9. The smallest absolute Gasteiger partial charge is 0.413 e. The molecule has 2 heterocycles. The summed E-state index contributed by atoms with van der Waals surface area (Å²) in [6.45, 7) is 14.8. The number of rotatable bonds is 11. The van der Waals surface area contributed by atoms with Gasteiger partial charge >= 0.3 is 6.09 Å². The number of aromatic nitrogens is 2. The van der Waals surface area contributed by atoms with Crippen molar-refractivity contribution in [3.05, 3.63) is 106 Å². The zero-order valence-electron chi connectivity index (χ0n) is 27.8. The number of nitrogens with one attached hydrogen (secondary N) is 1. The summed E-state index contributed by atoms with van der Waals surface area (Å²) < 4.78 is 49.8. The molecule has 2 N–H and O–H groups in total. The third-order valence-corrected chi connectivity index (χ3v) is 8.55. The van der Waals surface area contributed by atoms with Crippen LogP contribution >= 0.6 is 0 Å². The summed E-state index contributed by atoms with van der Waals surface area (Å²) in [7, 11) is 0. The Hall–Kier alpha value is -4.68. The molecule has 1 aromatic heterocycles. The van der Waals surface area contributed by atoms with Gasteiger partial charge in [0.15, 0.2) is 11.6 Å². The first-order valence-corrected chi connectivity index (χ1v) is 15.9. The maximum Gasteiger partial charge on any atom is 0.413 e. The third-order valence-electron chi connectivity index (χ3n) is 8.55. The van der Waals surface area contributed by atoms with Crippen molar-refractivity contribution in [3.8, 4) is 5.75 Å². The normalized spacial score (nSPS) is 14.6. The molecule has 0 radical (unpaired) electrons. The Balaban J connectivity index is 1.36. The number of ether oxygens (including phenoxy) is 1. The molecule has 1 unspecified atom stereocenters. The summed E-state index contributed by atoms with van der Waals surface area (Å²) in [5.74, 6) is -2.20. The van der Waals surface area contributed by atoms with E-state index in [1.54, 1.807) is 6.07 Å². The Morgan fingerprint density at radius 3 is 2.23 bits per heavy atom. The zero-order valence-corrected chi connectivity index (χ0v) is 27.8. The third kappa shape index (κ3) is 8.23. The molecule has 3 aromatic carbocycles. The molecule has 1 aliphatic heterocycles. The highest BCUT2D eigenvalue weighted by Gasteiger charge is 2.32. The van der Waals surface area contributed by atoms with E-state index < -0.39 is 29.6 Å². The minimum absolute atomic E-state index is 0.00567. The summed E-state index contributed by atoms with van der Waals surface area (Å²) in [5, 5.41) is 13.4. The summed E-state index contributed by atoms with van der Waals surface area (Å²) in [4.78, 5) is 27.2. The number of amides is 1. The molecule has 1 saturated heterocycles. The lowest BCUT2D eigenvalue weighted by Crippen LogP contribution is -2.49. The quantitative estimate of drug-likeness (QED) is 0.174. The molecule has 1 fully saturated rings. The first kappa shape index (κ1) is 34.6. The summed E-state index contributed by atoms with van der Waals surface area (Å²) in [5.41, 5.74) is 3.42. The van der Waals surface area contributed by atoms with Gasteiger partial charge in [-0.3, -0.25) is 9.80 Å². The predicted molar refractivity (Wildman–Crippen MR) is 180 cm³/mol. The molecule has 0 saturated carbocycles. The van der Waals surface area contributed by atoms with Crippen LogP contribution in [0, 0.1) is 38.2 Å². The summed E-state index contributed by atoms with van der Waals surface area (Å²) >= 11 is 0. The van der Waals surface area contributed by atoms with Gasteiger partial charge in [-0.2, -0.15) is 4.98 Å². The van der Waals surface area contributed by atoms with E-state index in [1.807, 2.05) is 32.9 Å². The van der Waals surface area contributed by atoms with E-state index in [-0.39, 0.29) is 23.1 Å². The Bertz CT molecular complexity index is 1720. The fraction of sp³-hybridized carbons (Fsp3) is 0.361.